The highest BCUT2D eigenvalue weighted by atomic mass is 79.9. The molecule has 36 heavy (non-hydrogen) atoms. The molecule has 0 saturated carbocycles. The molecule has 2 aliphatic heterocycles. The molecule has 0 spiro atoms. The highest BCUT2D eigenvalue weighted by Gasteiger charge is 2.25. The quantitative estimate of drug-likeness (QED) is 0.157. The maximum Gasteiger partial charge on any atom is 0.440 e. The average Bonchev–Trinajstić information content (AvgIpc) is 3.18. The molecule has 4 nitrogen and oxygen atoms in total. The van der Waals surface area contributed by atoms with Crippen molar-refractivity contribution in [1.82, 2.24) is 0 Å². The molecule has 0 atom stereocenters. The van der Waals surface area contributed by atoms with E-state index in [0.717, 1.165) is 51.1 Å². The SMILES string of the molecule is Brc1ccc(-[n+]2c3cccccc-3s/c2=N\N=c2\sc3cccccc-3[n+]2-c2ccc(Br)cc2)cc1. The van der Waals surface area contributed by atoms with E-state index >= 15 is 0 Å². The Bertz CT molecular complexity index is 1620. The molecule has 0 amide bonds. The third-order valence-electron chi connectivity index (χ3n) is 5.61. The Balaban J connectivity index is 1.63. The van der Waals surface area contributed by atoms with Crippen molar-refractivity contribution in [1.29, 1.82) is 0 Å². The van der Waals surface area contributed by atoms with E-state index in [4.69, 9.17) is 10.2 Å². The van der Waals surface area contributed by atoms with Gasteiger partial charge in [0.1, 0.15) is 11.4 Å². The van der Waals surface area contributed by atoms with Gasteiger partial charge < -0.3 is 0 Å². The molecule has 6 rings (SSSR count). The van der Waals surface area contributed by atoms with E-state index in [1.165, 1.54) is 0 Å². The first kappa shape index (κ1) is 23.4. The normalized spacial score (nSPS) is 12.5. The summed E-state index contributed by atoms with van der Waals surface area (Å²) in [6.07, 6.45) is 0. The summed E-state index contributed by atoms with van der Waals surface area (Å²) in [7, 11) is 0. The van der Waals surface area contributed by atoms with Crippen molar-refractivity contribution in [3.05, 3.63) is 128 Å². The van der Waals surface area contributed by atoms with E-state index in [1.807, 2.05) is 36.4 Å². The monoisotopic (exact) mass is 632 g/mol. The second-order valence-corrected chi connectivity index (χ2v) is 11.8. The lowest BCUT2D eigenvalue weighted by Gasteiger charge is -1.99. The Labute approximate surface area is 232 Å². The summed E-state index contributed by atoms with van der Waals surface area (Å²) in [5.74, 6) is 0. The van der Waals surface area contributed by atoms with Crippen LogP contribution >= 0.6 is 54.5 Å². The van der Waals surface area contributed by atoms with Gasteiger partial charge in [-0.2, -0.15) is 9.13 Å². The molecule has 0 N–H and O–H groups in total. The molecule has 0 fully saturated rings. The minimum atomic E-state index is 0.809. The molecular weight excluding hydrogens is 616 g/mol. The molecular formula is C28H18Br2N4S2+2. The van der Waals surface area contributed by atoms with E-state index in [1.54, 1.807) is 22.7 Å². The summed E-state index contributed by atoms with van der Waals surface area (Å²) in [6.45, 7) is 0. The molecule has 8 heteroatoms. The van der Waals surface area contributed by atoms with Crippen LogP contribution in [0.2, 0.25) is 0 Å². The molecule has 174 valence electrons. The summed E-state index contributed by atoms with van der Waals surface area (Å²) in [5.41, 5.74) is 4.25. The standard InChI is InChI=1S/C28H18Br2N4S2/c29-19-11-15-21(16-12-19)33-23-7-3-1-5-9-25(23)35-27(33)31-32-28-34(22-17-13-20(30)14-18-22)24-8-4-2-6-10-26(24)36-28/h1-18H/q+2/b31-27-,32-28+. The molecule has 0 radical (unpaired) electrons. The van der Waals surface area contributed by atoms with E-state index in [-0.39, 0.29) is 0 Å². The lowest BCUT2D eigenvalue weighted by Crippen LogP contribution is -2.46. The summed E-state index contributed by atoms with van der Waals surface area (Å²) in [4.78, 5) is 3.90. The van der Waals surface area contributed by atoms with Crippen molar-refractivity contribution in [2.24, 2.45) is 10.2 Å². The molecule has 0 saturated heterocycles. The van der Waals surface area contributed by atoms with Gasteiger partial charge in [0, 0.05) is 8.95 Å². The van der Waals surface area contributed by atoms with Gasteiger partial charge in [0.25, 0.3) is 0 Å². The van der Waals surface area contributed by atoms with Crippen LogP contribution in [0.1, 0.15) is 0 Å². The number of rotatable bonds is 3. The maximum absolute atomic E-state index is 4.82. The van der Waals surface area contributed by atoms with Gasteiger partial charge in [-0.1, -0.05) is 68.3 Å². The number of nitrogens with zero attached hydrogens (tertiary/aromatic N) is 4. The van der Waals surface area contributed by atoms with Crippen molar-refractivity contribution in [3.8, 4) is 32.5 Å². The zero-order chi connectivity index (χ0) is 24.5. The van der Waals surface area contributed by atoms with Crippen molar-refractivity contribution >= 4 is 54.5 Å². The molecule has 0 unspecified atom stereocenters. The number of halogens is 2. The number of aromatic nitrogens is 2. The minimum Gasteiger partial charge on any atom is -0.175 e. The Hall–Kier alpha value is -3.04. The fourth-order valence-corrected chi connectivity index (χ4v) is 6.47. The Morgan fingerprint density at radius 1 is 0.472 bits per heavy atom. The van der Waals surface area contributed by atoms with Crippen LogP contribution in [0.25, 0.3) is 32.5 Å². The number of benzene rings is 2. The lowest BCUT2D eigenvalue weighted by atomic mass is 10.3. The fraction of sp³-hybridized carbons (Fsp3) is 0. The number of thiazole rings is 2. The van der Waals surface area contributed by atoms with Gasteiger partial charge in [0.15, 0.2) is 11.4 Å². The van der Waals surface area contributed by atoms with Crippen LogP contribution < -0.4 is 18.7 Å². The van der Waals surface area contributed by atoms with Crippen molar-refractivity contribution < 1.29 is 9.13 Å². The zero-order valence-corrected chi connectivity index (χ0v) is 23.6. The highest BCUT2D eigenvalue weighted by molar-refractivity contribution is 9.10. The molecule has 2 aromatic rings. The van der Waals surface area contributed by atoms with E-state index in [0.29, 0.717) is 0 Å². The molecule has 2 aliphatic carbocycles. The topological polar surface area (TPSA) is 32.5 Å². The van der Waals surface area contributed by atoms with Crippen LogP contribution in [0.4, 0.5) is 0 Å². The summed E-state index contributed by atoms with van der Waals surface area (Å²) in [6, 6.07) is 37.3. The summed E-state index contributed by atoms with van der Waals surface area (Å²) >= 11 is 10.3. The van der Waals surface area contributed by atoms with Crippen molar-refractivity contribution in [3.63, 3.8) is 0 Å². The highest BCUT2D eigenvalue weighted by Crippen LogP contribution is 2.23. The van der Waals surface area contributed by atoms with Crippen LogP contribution in [-0.2, 0) is 0 Å². The van der Waals surface area contributed by atoms with E-state index in [9.17, 15) is 0 Å². The smallest absolute Gasteiger partial charge is 0.175 e. The van der Waals surface area contributed by atoms with Crippen LogP contribution in [0.3, 0.4) is 0 Å². The van der Waals surface area contributed by atoms with Crippen LogP contribution in [-0.4, -0.2) is 0 Å². The molecule has 4 aliphatic rings. The Morgan fingerprint density at radius 3 is 1.28 bits per heavy atom. The van der Waals surface area contributed by atoms with Gasteiger partial charge in [0.2, 0.25) is 10.2 Å². The first-order valence-corrected chi connectivity index (χ1v) is 14.4. The predicted molar refractivity (Wildman–Crippen MR) is 151 cm³/mol. The van der Waals surface area contributed by atoms with Gasteiger partial charge >= 0.3 is 9.60 Å². The zero-order valence-electron chi connectivity index (χ0n) is 18.8. The Morgan fingerprint density at radius 2 is 0.861 bits per heavy atom. The van der Waals surface area contributed by atoms with E-state index in [2.05, 4.69) is 114 Å². The van der Waals surface area contributed by atoms with Gasteiger partial charge in [-0.15, -0.1) is 0 Å². The van der Waals surface area contributed by atoms with Crippen molar-refractivity contribution in [2.45, 2.75) is 0 Å². The van der Waals surface area contributed by atoms with Crippen molar-refractivity contribution in [2.75, 3.05) is 0 Å². The predicted octanol–water partition coefficient (Wildman–Crippen LogP) is 6.51. The van der Waals surface area contributed by atoms with Gasteiger partial charge in [-0.05, 0) is 95.5 Å². The van der Waals surface area contributed by atoms with Gasteiger partial charge in [0.05, 0.1) is 9.75 Å². The minimum absolute atomic E-state index is 0.809. The summed E-state index contributed by atoms with van der Waals surface area (Å²) in [5, 5.41) is 9.65. The van der Waals surface area contributed by atoms with E-state index < -0.39 is 0 Å². The first-order valence-electron chi connectivity index (χ1n) is 11.1. The van der Waals surface area contributed by atoms with Crippen LogP contribution in [0.15, 0.2) is 128 Å². The second kappa shape index (κ2) is 10.1. The number of fused-ring (bicyclic) bond motifs is 2. The average molecular weight is 634 g/mol. The number of hydrogen-bond donors (Lipinski definition) is 0. The third kappa shape index (κ3) is 4.57. The summed E-state index contributed by atoms with van der Waals surface area (Å²) < 4.78 is 6.39. The van der Waals surface area contributed by atoms with Crippen LogP contribution in [0, 0.1) is 0 Å². The fourth-order valence-electron chi connectivity index (χ4n) is 3.97. The van der Waals surface area contributed by atoms with Gasteiger partial charge in [-0.25, -0.2) is 0 Å². The molecule has 2 aromatic carbocycles. The lowest BCUT2D eigenvalue weighted by molar-refractivity contribution is -0.598. The third-order valence-corrected chi connectivity index (χ3v) is 8.69. The van der Waals surface area contributed by atoms with Crippen LogP contribution in [0.5, 0.6) is 0 Å². The van der Waals surface area contributed by atoms with Gasteiger partial charge in [-0.3, -0.25) is 0 Å². The second-order valence-electron chi connectivity index (χ2n) is 7.91. The first-order chi connectivity index (χ1) is 17.7. The molecule has 0 bridgehead atoms. The molecule has 0 aromatic heterocycles. The maximum atomic E-state index is 4.82. The largest absolute Gasteiger partial charge is 0.440 e. The molecule has 2 heterocycles. The number of hydrogen-bond acceptors (Lipinski definition) is 4. The Kier molecular flexibility index (Phi) is 6.58.